The molecule has 0 saturated carbocycles. The molecule has 0 saturated heterocycles. The van der Waals surface area contributed by atoms with Crippen LogP contribution in [0, 0.1) is 20.8 Å². The number of nitrogens with zero attached hydrogens (tertiary/aromatic N) is 1. The number of hydrogen-bond acceptors (Lipinski definition) is 3. The van der Waals surface area contributed by atoms with Crippen LogP contribution in [0.3, 0.4) is 0 Å². The molecular weight excluding hydrogens is 258 g/mol. The monoisotopic (exact) mass is 283 g/mol. The Morgan fingerprint density at radius 2 is 1.71 bits per heavy atom. The van der Waals surface area contributed by atoms with E-state index in [0.29, 0.717) is 6.04 Å². The van der Waals surface area contributed by atoms with Gasteiger partial charge in [0.2, 0.25) is 0 Å². The number of rotatable bonds is 6. The highest BCUT2D eigenvalue weighted by Gasteiger charge is 2.12. The highest BCUT2D eigenvalue weighted by atomic mass is 15.2. The predicted molar refractivity (Wildman–Crippen MR) is 88.0 cm³/mol. The minimum absolute atomic E-state index is 0.290. The van der Waals surface area contributed by atoms with Gasteiger partial charge in [0.1, 0.15) is 0 Å². The van der Waals surface area contributed by atoms with Crippen LogP contribution >= 0.6 is 0 Å². The fourth-order valence-corrected chi connectivity index (χ4v) is 2.91. The number of aromatic nitrogens is 1. The molecule has 2 aromatic rings. The highest BCUT2D eigenvalue weighted by molar-refractivity contribution is 5.38. The van der Waals surface area contributed by atoms with Crippen molar-refractivity contribution in [2.75, 3.05) is 0 Å². The Bertz CT molecular complexity index is 555. The molecule has 1 heterocycles. The summed E-state index contributed by atoms with van der Waals surface area (Å²) in [5, 5.41) is 0. The van der Waals surface area contributed by atoms with Crippen LogP contribution in [-0.2, 0) is 12.8 Å². The lowest BCUT2D eigenvalue weighted by Gasteiger charge is -2.19. The van der Waals surface area contributed by atoms with Crippen molar-refractivity contribution in [3.05, 3.63) is 64.5 Å². The van der Waals surface area contributed by atoms with Gasteiger partial charge >= 0.3 is 0 Å². The van der Waals surface area contributed by atoms with Gasteiger partial charge in [0.15, 0.2) is 0 Å². The second-order valence-corrected chi connectivity index (χ2v) is 5.84. The van der Waals surface area contributed by atoms with E-state index in [-0.39, 0.29) is 0 Å². The molecule has 1 atom stereocenters. The molecule has 0 aliphatic rings. The molecule has 0 aliphatic heterocycles. The van der Waals surface area contributed by atoms with Crippen molar-refractivity contribution < 1.29 is 0 Å². The molecule has 0 spiro atoms. The fraction of sp³-hybridized carbons (Fsp3) is 0.389. The second kappa shape index (κ2) is 7.34. The average molecular weight is 283 g/mol. The minimum atomic E-state index is 0.290. The number of hydrogen-bond donors (Lipinski definition) is 2. The van der Waals surface area contributed by atoms with Gasteiger partial charge in [-0.15, -0.1) is 0 Å². The molecule has 2 rings (SSSR count). The molecule has 3 N–H and O–H groups in total. The van der Waals surface area contributed by atoms with Gasteiger partial charge in [-0.05, 0) is 74.4 Å². The third kappa shape index (κ3) is 4.38. The first-order valence-electron chi connectivity index (χ1n) is 7.52. The number of hydrazine groups is 1. The third-order valence-electron chi connectivity index (χ3n) is 4.06. The van der Waals surface area contributed by atoms with E-state index in [0.717, 1.165) is 19.3 Å². The van der Waals surface area contributed by atoms with Crippen molar-refractivity contribution in [2.24, 2.45) is 5.84 Å². The zero-order chi connectivity index (χ0) is 15.2. The van der Waals surface area contributed by atoms with Gasteiger partial charge in [-0.25, -0.2) is 0 Å². The van der Waals surface area contributed by atoms with Gasteiger partial charge in [-0.1, -0.05) is 17.7 Å². The Kier molecular flexibility index (Phi) is 5.48. The largest absolute Gasteiger partial charge is 0.271 e. The molecule has 0 aliphatic carbocycles. The van der Waals surface area contributed by atoms with Gasteiger partial charge in [0.05, 0.1) is 0 Å². The smallest absolute Gasteiger partial charge is 0.0270 e. The maximum absolute atomic E-state index is 5.75. The predicted octanol–water partition coefficient (Wildman–Crippen LogP) is 3.01. The lowest BCUT2D eigenvalue weighted by atomic mass is 9.92. The summed E-state index contributed by atoms with van der Waals surface area (Å²) in [6.07, 6.45) is 6.69. The summed E-state index contributed by atoms with van der Waals surface area (Å²) >= 11 is 0. The Morgan fingerprint density at radius 1 is 1.10 bits per heavy atom. The van der Waals surface area contributed by atoms with Gasteiger partial charge in [-0.3, -0.25) is 16.3 Å². The molecule has 1 aromatic carbocycles. The van der Waals surface area contributed by atoms with Crippen LogP contribution in [0.15, 0.2) is 36.7 Å². The van der Waals surface area contributed by atoms with E-state index >= 15 is 0 Å². The van der Waals surface area contributed by atoms with Crippen LogP contribution in [0.2, 0.25) is 0 Å². The number of benzene rings is 1. The summed E-state index contributed by atoms with van der Waals surface area (Å²) in [6.45, 7) is 6.52. The molecule has 0 radical (unpaired) electrons. The number of pyridine rings is 1. The summed E-state index contributed by atoms with van der Waals surface area (Å²) in [6, 6.07) is 8.92. The first kappa shape index (κ1) is 15.7. The van der Waals surface area contributed by atoms with Crippen molar-refractivity contribution in [3.8, 4) is 0 Å². The van der Waals surface area contributed by atoms with Crippen molar-refractivity contribution >= 4 is 0 Å². The Morgan fingerprint density at radius 3 is 2.29 bits per heavy atom. The van der Waals surface area contributed by atoms with E-state index in [9.17, 15) is 0 Å². The molecule has 3 heteroatoms. The number of aryl methyl sites for hydroxylation is 4. The molecular formula is C18H25N3. The molecule has 0 amide bonds. The summed E-state index contributed by atoms with van der Waals surface area (Å²) in [5.41, 5.74) is 9.74. The van der Waals surface area contributed by atoms with E-state index < -0.39 is 0 Å². The SMILES string of the molecule is Cc1cc(C)c(CC(CCc2ccncc2)NN)c(C)c1. The molecule has 0 bridgehead atoms. The van der Waals surface area contributed by atoms with Gasteiger partial charge in [0, 0.05) is 18.4 Å². The first-order chi connectivity index (χ1) is 10.1. The third-order valence-corrected chi connectivity index (χ3v) is 4.06. The van der Waals surface area contributed by atoms with Gasteiger partial charge < -0.3 is 0 Å². The lowest BCUT2D eigenvalue weighted by molar-refractivity contribution is 0.490. The molecule has 1 unspecified atom stereocenters. The minimum Gasteiger partial charge on any atom is -0.271 e. The zero-order valence-corrected chi connectivity index (χ0v) is 13.2. The van der Waals surface area contributed by atoms with Crippen molar-refractivity contribution in [3.63, 3.8) is 0 Å². The first-order valence-corrected chi connectivity index (χ1v) is 7.52. The Labute approximate surface area is 127 Å². The molecule has 1 aromatic heterocycles. The lowest BCUT2D eigenvalue weighted by Crippen LogP contribution is -2.37. The Balaban J connectivity index is 2.02. The zero-order valence-electron chi connectivity index (χ0n) is 13.2. The van der Waals surface area contributed by atoms with Crippen LogP contribution in [0.4, 0.5) is 0 Å². The van der Waals surface area contributed by atoms with Gasteiger partial charge in [0.25, 0.3) is 0 Å². The van der Waals surface area contributed by atoms with Crippen molar-refractivity contribution in [2.45, 2.75) is 46.1 Å². The van der Waals surface area contributed by atoms with E-state index in [1.54, 1.807) is 0 Å². The highest BCUT2D eigenvalue weighted by Crippen LogP contribution is 2.19. The van der Waals surface area contributed by atoms with Crippen LogP contribution in [0.1, 0.15) is 34.2 Å². The normalized spacial score (nSPS) is 12.4. The van der Waals surface area contributed by atoms with Gasteiger partial charge in [-0.2, -0.15) is 0 Å². The van der Waals surface area contributed by atoms with Crippen LogP contribution < -0.4 is 11.3 Å². The maximum atomic E-state index is 5.75. The average Bonchev–Trinajstić information content (AvgIpc) is 2.47. The topological polar surface area (TPSA) is 50.9 Å². The van der Waals surface area contributed by atoms with Crippen molar-refractivity contribution in [1.82, 2.24) is 10.4 Å². The summed E-state index contributed by atoms with van der Waals surface area (Å²) in [7, 11) is 0. The quantitative estimate of drug-likeness (QED) is 0.633. The van der Waals surface area contributed by atoms with Crippen LogP contribution in [0.5, 0.6) is 0 Å². The van der Waals surface area contributed by atoms with E-state index in [1.807, 2.05) is 12.4 Å². The van der Waals surface area contributed by atoms with E-state index in [2.05, 4.69) is 55.4 Å². The van der Waals surface area contributed by atoms with E-state index in [4.69, 9.17) is 5.84 Å². The molecule has 21 heavy (non-hydrogen) atoms. The molecule has 3 nitrogen and oxygen atoms in total. The maximum Gasteiger partial charge on any atom is 0.0270 e. The summed E-state index contributed by atoms with van der Waals surface area (Å²) in [5.74, 6) is 5.75. The molecule has 112 valence electrons. The number of nitrogens with one attached hydrogen (secondary N) is 1. The fourth-order valence-electron chi connectivity index (χ4n) is 2.91. The van der Waals surface area contributed by atoms with Crippen molar-refractivity contribution in [1.29, 1.82) is 0 Å². The summed E-state index contributed by atoms with van der Waals surface area (Å²) < 4.78 is 0. The second-order valence-electron chi connectivity index (χ2n) is 5.84. The van der Waals surface area contributed by atoms with E-state index in [1.165, 1.54) is 27.8 Å². The van der Waals surface area contributed by atoms with Crippen LogP contribution in [-0.4, -0.2) is 11.0 Å². The van der Waals surface area contributed by atoms with Crippen LogP contribution in [0.25, 0.3) is 0 Å². The number of nitrogens with two attached hydrogens (primary N) is 1. The Hall–Kier alpha value is -1.71. The standard InChI is InChI=1S/C18H25N3/c1-13-10-14(2)18(15(3)11-13)12-17(21-19)5-4-16-6-8-20-9-7-16/h6-11,17,21H,4-5,12,19H2,1-3H3. The molecule has 0 fully saturated rings. The summed E-state index contributed by atoms with van der Waals surface area (Å²) in [4.78, 5) is 4.05.